The van der Waals surface area contributed by atoms with Crippen LogP contribution in [0.3, 0.4) is 0 Å². The molecule has 3 aromatic rings. The maximum atomic E-state index is 13.0. The Morgan fingerprint density at radius 2 is 2.04 bits per heavy atom. The highest BCUT2D eigenvalue weighted by Gasteiger charge is 2.28. The summed E-state index contributed by atoms with van der Waals surface area (Å²) in [5.74, 6) is -0.136. The summed E-state index contributed by atoms with van der Waals surface area (Å²) in [6.07, 6.45) is 4.03. The van der Waals surface area contributed by atoms with Crippen LogP contribution in [-0.4, -0.2) is 39.8 Å². The normalized spacial score (nSPS) is 18.9. The van der Waals surface area contributed by atoms with Crippen LogP contribution in [0.1, 0.15) is 45.2 Å². The first-order chi connectivity index (χ1) is 13.7. The van der Waals surface area contributed by atoms with Gasteiger partial charge in [-0.15, -0.1) is 0 Å². The van der Waals surface area contributed by atoms with Gasteiger partial charge in [-0.2, -0.15) is 10.4 Å². The van der Waals surface area contributed by atoms with Crippen LogP contribution < -0.4 is 5.32 Å². The topological polar surface area (TPSA) is 92.3 Å². The fraction of sp³-hybridized carbons (Fsp3) is 0.333. The van der Waals surface area contributed by atoms with Crippen molar-refractivity contribution in [3.8, 4) is 6.07 Å². The molecule has 140 valence electrons. The summed E-state index contributed by atoms with van der Waals surface area (Å²) in [7, 11) is 0. The molecule has 1 aliphatic heterocycles. The first kappa shape index (κ1) is 16.9. The molecule has 1 N–H and O–H groups in total. The molecule has 0 radical (unpaired) electrons. The van der Waals surface area contributed by atoms with Gasteiger partial charge in [-0.05, 0) is 36.5 Å². The number of carbonyl (C=O) groups excluding carboxylic acids is 1. The zero-order valence-electron chi connectivity index (χ0n) is 15.3. The van der Waals surface area contributed by atoms with Crippen LogP contribution in [0.5, 0.6) is 0 Å². The molecule has 1 amide bonds. The number of nitrogens with zero attached hydrogens (tertiary/aromatic N) is 4. The molecule has 0 saturated carbocycles. The van der Waals surface area contributed by atoms with Crippen molar-refractivity contribution in [1.82, 2.24) is 19.9 Å². The van der Waals surface area contributed by atoms with Crippen LogP contribution in [0.4, 0.5) is 0 Å². The van der Waals surface area contributed by atoms with Crippen molar-refractivity contribution < 1.29 is 9.53 Å². The van der Waals surface area contributed by atoms with E-state index in [9.17, 15) is 10.1 Å². The van der Waals surface area contributed by atoms with E-state index in [1.165, 1.54) is 15.6 Å². The maximum Gasteiger partial charge on any atom is 0.270 e. The van der Waals surface area contributed by atoms with Crippen LogP contribution in [0.15, 0.2) is 36.5 Å². The summed E-state index contributed by atoms with van der Waals surface area (Å²) >= 11 is 0. The number of carbonyl (C=O) groups is 1. The fourth-order valence-corrected chi connectivity index (χ4v) is 4.20. The molecule has 2 aliphatic rings. The quantitative estimate of drug-likeness (QED) is 0.758. The van der Waals surface area contributed by atoms with Gasteiger partial charge in [0.15, 0.2) is 5.65 Å². The van der Waals surface area contributed by atoms with Crippen LogP contribution in [-0.2, 0) is 17.6 Å². The lowest BCUT2D eigenvalue weighted by molar-refractivity contribution is 0.0931. The number of amides is 1. The Labute approximate surface area is 162 Å². The first-order valence-corrected chi connectivity index (χ1v) is 9.47. The van der Waals surface area contributed by atoms with Crippen molar-refractivity contribution in [3.05, 3.63) is 64.6 Å². The van der Waals surface area contributed by atoms with E-state index in [-0.39, 0.29) is 17.9 Å². The summed E-state index contributed by atoms with van der Waals surface area (Å²) in [4.78, 5) is 17.3. The van der Waals surface area contributed by atoms with E-state index < -0.39 is 0 Å². The Kier molecular flexibility index (Phi) is 4.06. The average molecular weight is 373 g/mol. The van der Waals surface area contributed by atoms with Crippen LogP contribution in [0, 0.1) is 11.3 Å². The predicted molar refractivity (Wildman–Crippen MR) is 101 cm³/mol. The molecule has 1 fully saturated rings. The van der Waals surface area contributed by atoms with Gasteiger partial charge < -0.3 is 10.1 Å². The molecule has 1 saturated heterocycles. The number of rotatable bonds is 3. The summed E-state index contributed by atoms with van der Waals surface area (Å²) < 4.78 is 6.95. The lowest BCUT2D eigenvalue weighted by atomic mass is 10.0. The summed E-state index contributed by atoms with van der Waals surface area (Å²) in [5, 5.41) is 17.3. The number of benzene rings is 1. The number of ether oxygens (including phenoxy) is 1. The molecule has 28 heavy (non-hydrogen) atoms. The lowest BCUT2D eigenvalue weighted by Gasteiger charge is -2.12. The minimum Gasteiger partial charge on any atom is -0.381 e. The number of aromatic nitrogens is 3. The van der Waals surface area contributed by atoms with E-state index in [0.29, 0.717) is 35.8 Å². The fourth-order valence-electron chi connectivity index (χ4n) is 4.20. The molecule has 7 nitrogen and oxygen atoms in total. The van der Waals surface area contributed by atoms with Crippen molar-refractivity contribution in [1.29, 1.82) is 5.26 Å². The Balaban J connectivity index is 1.46. The minimum atomic E-state index is -0.202. The highest BCUT2D eigenvalue weighted by Crippen LogP contribution is 2.29. The van der Waals surface area contributed by atoms with Crippen molar-refractivity contribution in [3.63, 3.8) is 0 Å². The third-order valence-corrected chi connectivity index (χ3v) is 5.59. The molecule has 0 bridgehead atoms. The molecule has 5 rings (SSSR count). The van der Waals surface area contributed by atoms with Gasteiger partial charge in [0.1, 0.15) is 17.3 Å². The highest BCUT2D eigenvalue weighted by molar-refractivity contribution is 5.93. The van der Waals surface area contributed by atoms with Gasteiger partial charge >= 0.3 is 0 Å². The second kappa shape index (κ2) is 6.73. The molecule has 3 heterocycles. The number of nitriles is 1. The molecular weight excluding hydrogens is 354 g/mol. The van der Waals surface area contributed by atoms with Gasteiger partial charge in [0.2, 0.25) is 0 Å². The Bertz CT molecular complexity index is 1080. The number of hydrogen-bond acceptors (Lipinski definition) is 5. The highest BCUT2D eigenvalue weighted by atomic mass is 16.5. The van der Waals surface area contributed by atoms with Crippen molar-refractivity contribution in [2.24, 2.45) is 0 Å². The van der Waals surface area contributed by atoms with Gasteiger partial charge in [0.05, 0.1) is 12.3 Å². The molecule has 1 unspecified atom stereocenters. The Morgan fingerprint density at radius 3 is 2.71 bits per heavy atom. The number of hydrogen-bond donors (Lipinski definition) is 1. The van der Waals surface area contributed by atoms with E-state index in [2.05, 4.69) is 33.6 Å². The zero-order valence-corrected chi connectivity index (χ0v) is 15.3. The smallest absolute Gasteiger partial charge is 0.270 e. The molecule has 1 atom stereocenters. The predicted octanol–water partition coefficient (Wildman–Crippen LogP) is 2.00. The summed E-state index contributed by atoms with van der Waals surface area (Å²) in [6, 6.07) is 12.2. The van der Waals surface area contributed by atoms with Gasteiger partial charge in [-0.3, -0.25) is 4.79 Å². The van der Waals surface area contributed by atoms with Crippen LogP contribution in [0.25, 0.3) is 5.65 Å². The van der Waals surface area contributed by atoms with Crippen LogP contribution >= 0.6 is 0 Å². The van der Waals surface area contributed by atoms with E-state index >= 15 is 0 Å². The molecule has 2 aromatic heterocycles. The van der Waals surface area contributed by atoms with Crippen molar-refractivity contribution in [2.75, 3.05) is 13.2 Å². The third kappa shape index (κ3) is 2.74. The zero-order chi connectivity index (χ0) is 19.1. The first-order valence-electron chi connectivity index (χ1n) is 9.47. The van der Waals surface area contributed by atoms with Gasteiger partial charge in [-0.25, -0.2) is 9.50 Å². The summed E-state index contributed by atoms with van der Waals surface area (Å²) in [5.41, 5.74) is 4.47. The minimum absolute atomic E-state index is 0.0572. The standard InChI is InChI=1S/C21H19N5O2/c22-11-17-19(15-6-8-28-12-15)25-26-18(5-7-23-20(17)26)21(27)24-16-9-13-3-1-2-4-14(13)10-16/h1-5,7,15-16H,6,8-10,12H2,(H,24,27). The third-order valence-electron chi connectivity index (χ3n) is 5.59. The summed E-state index contributed by atoms with van der Waals surface area (Å²) in [6.45, 7) is 1.20. The second-order valence-corrected chi connectivity index (χ2v) is 7.35. The van der Waals surface area contributed by atoms with Gasteiger partial charge in [0.25, 0.3) is 5.91 Å². The van der Waals surface area contributed by atoms with Crippen molar-refractivity contribution >= 4 is 11.6 Å². The van der Waals surface area contributed by atoms with E-state index in [0.717, 1.165) is 19.3 Å². The molecule has 0 spiro atoms. The molecule has 1 aliphatic carbocycles. The van der Waals surface area contributed by atoms with E-state index in [1.807, 2.05) is 12.1 Å². The maximum absolute atomic E-state index is 13.0. The Hall–Kier alpha value is -3.24. The Morgan fingerprint density at radius 1 is 1.25 bits per heavy atom. The largest absolute Gasteiger partial charge is 0.381 e. The van der Waals surface area contributed by atoms with Crippen LogP contribution in [0.2, 0.25) is 0 Å². The second-order valence-electron chi connectivity index (χ2n) is 7.35. The van der Waals surface area contributed by atoms with Gasteiger partial charge in [0, 0.05) is 24.8 Å². The number of nitrogens with one attached hydrogen (secondary N) is 1. The average Bonchev–Trinajstić information content (AvgIpc) is 3.44. The molecule has 1 aromatic carbocycles. The molecular formula is C21H19N5O2. The lowest BCUT2D eigenvalue weighted by Crippen LogP contribution is -2.36. The molecule has 7 heteroatoms. The van der Waals surface area contributed by atoms with Crippen molar-refractivity contribution in [2.45, 2.75) is 31.2 Å². The SMILES string of the molecule is N#Cc1c(C2CCOC2)nn2c(C(=O)NC3Cc4ccccc4C3)ccnc12. The monoisotopic (exact) mass is 373 g/mol. The van der Waals surface area contributed by atoms with Gasteiger partial charge in [-0.1, -0.05) is 24.3 Å². The van der Waals surface area contributed by atoms with E-state index in [4.69, 9.17) is 4.74 Å². The van der Waals surface area contributed by atoms with E-state index in [1.54, 1.807) is 12.3 Å². The number of fused-ring (bicyclic) bond motifs is 2.